The Kier molecular flexibility index (Phi) is 8.73. The molecule has 2 aliphatic heterocycles. The van der Waals surface area contributed by atoms with Crippen LogP contribution in [-0.4, -0.2) is 79.5 Å². The fraction of sp³-hybridized carbons (Fsp3) is 0.906. The maximum absolute atomic E-state index is 12.5. The SMILES string of the molecule is C=CC[N+]1(C2CC3C4CCCCCC(N5CCOCC5)CC(C)C4CCC3(C)C2OC(C)=O)CCCC1. The first kappa shape index (κ1) is 27.6. The molecule has 0 aromatic rings. The Morgan fingerprint density at radius 3 is 2.49 bits per heavy atom. The molecular weight excluding hydrogens is 460 g/mol. The van der Waals surface area contributed by atoms with E-state index in [9.17, 15) is 4.79 Å². The lowest BCUT2D eigenvalue weighted by Crippen LogP contribution is -2.59. The van der Waals surface area contributed by atoms with Crippen LogP contribution in [0.15, 0.2) is 12.7 Å². The third-order valence-electron chi connectivity index (χ3n) is 11.9. The van der Waals surface area contributed by atoms with Gasteiger partial charge in [-0.15, -0.1) is 0 Å². The van der Waals surface area contributed by atoms with Crippen molar-refractivity contribution in [3.8, 4) is 0 Å². The molecule has 5 nitrogen and oxygen atoms in total. The second-order valence-electron chi connectivity index (χ2n) is 13.8. The zero-order chi connectivity index (χ0) is 26.0. The monoisotopic (exact) mass is 515 g/mol. The van der Waals surface area contributed by atoms with Gasteiger partial charge in [0.15, 0.2) is 6.10 Å². The molecule has 5 fully saturated rings. The highest BCUT2D eigenvalue weighted by molar-refractivity contribution is 5.66. The van der Waals surface area contributed by atoms with Gasteiger partial charge >= 0.3 is 5.97 Å². The van der Waals surface area contributed by atoms with Gasteiger partial charge < -0.3 is 14.0 Å². The normalized spacial score (nSPS) is 42.9. The molecule has 0 bridgehead atoms. The van der Waals surface area contributed by atoms with Gasteiger partial charge in [0.2, 0.25) is 0 Å². The van der Waals surface area contributed by atoms with Gasteiger partial charge in [0.05, 0.1) is 32.8 Å². The van der Waals surface area contributed by atoms with E-state index < -0.39 is 0 Å². The van der Waals surface area contributed by atoms with E-state index >= 15 is 0 Å². The van der Waals surface area contributed by atoms with Crippen molar-refractivity contribution in [2.75, 3.05) is 45.9 Å². The number of hydrogen-bond acceptors (Lipinski definition) is 4. The quantitative estimate of drug-likeness (QED) is 0.262. The molecule has 0 amide bonds. The molecular formula is C32H55N2O3+. The minimum Gasteiger partial charge on any atom is -0.456 e. The van der Waals surface area contributed by atoms with E-state index in [2.05, 4.69) is 31.4 Å². The molecule has 5 heteroatoms. The first-order valence-corrected chi connectivity index (χ1v) is 15.8. The number of quaternary nitrogens is 1. The lowest BCUT2D eigenvalue weighted by molar-refractivity contribution is -0.937. The second-order valence-corrected chi connectivity index (χ2v) is 13.8. The Labute approximate surface area is 226 Å². The van der Waals surface area contributed by atoms with Gasteiger partial charge in [0.1, 0.15) is 6.04 Å². The van der Waals surface area contributed by atoms with Gasteiger partial charge in [-0.25, -0.2) is 0 Å². The van der Waals surface area contributed by atoms with Gasteiger partial charge in [-0.3, -0.25) is 9.69 Å². The molecule has 0 aromatic carbocycles. The largest absolute Gasteiger partial charge is 0.456 e. The number of esters is 1. The third-order valence-corrected chi connectivity index (χ3v) is 11.9. The number of carbonyl (C=O) groups excluding carboxylic acids is 1. The molecule has 3 aliphatic carbocycles. The number of carbonyl (C=O) groups is 1. The Morgan fingerprint density at radius 1 is 1.05 bits per heavy atom. The van der Waals surface area contributed by atoms with Crippen LogP contribution < -0.4 is 0 Å². The molecule has 0 radical (unpaired) electrons. The Morgan fingerprint density at radius 2 is 1.78 bits per heavy atom. The van der Waals surface area contributed by atoms with Crippen LogP contribution in [0.1, 0.15) is 91.4 Å². The summed E-state index contributed by atoms with van der Waals surface area (Å²) in [6.07, 6.45) is 16.7. The van der Waals surface area contributed by atoms with E-state index in [4.69, 9.17) is 9.47 Å². The number of hydrogen-bond donors (Lipinski definition) is 0. The van der Waals surface area contributed by atoms with Crippen molar-refractivity contribution in [2.45, 2.75) is 110 Å². The molecule has 0 aromatic heterocycles. The van der Waals surface area contributed by atoms with Crippen molar-refractivity contribution < 1.29 is 18.8 Å². The van der Waals surface area contributed by atoms with Crippen LogP contribution >= 0.6 is 0 Å². The van der Waals surface area contributed by atoms with E-state index in [-0.39, 0.29) is 17.5 Å². The molecule has 8 unspecified atom stereocenters. The summed E-state index contributed by atoms with van der Waals surface area (Å²) >= 11 is 0. The van der Waals surface area contributed by atoms with Crippen LogP contribution in [-0.2, 0) is 14.3 Å². The number of likely N-dealkylation sites (tertiary alicyclic amines) is 1. The van der Waals surface area contributed by atoms with Crippen LogP contribution in [0.2, 0.25) is 0 Å². The Bertz CT molecular complexity index is 789. The molecule has 210 valence electrons. The molecule has 0 spiro atoms. The number of fused-ring (bicyclic) bond motifs is 3. The summed E-state index contributed by atoms with van der Waals surface area (Å²) in [7, 11) is 0. The van der Waals surface area contributed by atoms with Crippen molar-refractivity contribution in [3.63, 3.8) is 0 Å². The van der Waals surface area contributed by atoms with Crippen LogP contribution in [0.5, 0.6) is 0 Å². The maximum atomic E-state index is 12.5. The summed E-state index contributed by atoms with van der Waals surface area (Å²) in [6.45, 7) is 18.4. The third kappa shape index (κ3) is 5.43. The minimum absolute atomic E-state index is 0.0563. The first-order chi connectivity index (χ1) is 17.9. The van der Waals surface area contributed by atoms with Crippen molar-refractivity contribution in [3.05, 3.63) is 12.7 Å². The van der Waals surface area contributed by atoms with E-state index in [0.717, 1.165) is 61.1 Å². The lowest BCUT2D eigenvalue weighted by atomic mass is 9.56. The van der Waals surface area contributed by atoms with E-state index in [0.29, 0.717) is 12.0 Å². The van der Waals surface area contributed by atoms with Gasteiger partial charge in [-0.05, 0) is 61.9 Å². The standard InChI is InChI=1S/C32H55N2O3/c1-5-17-34(18-9-10-19-34)30-23-29-28-12-8-6-7-11-26(33-15-20-36-21-16-33)22-24(2)27(28)13-14-32(29,4)31(30)37-25(3)35/h5,24,26-31H,1,6-23H2,2-4H3/q+1. The van der Waals surface area contributed by atoms with Crippen molar-refractivity contribution >= 4 is 5.97 Å². The summed E-state index contributed by atoms with van der Waals surface area (Å²) in [6, 6.07) is 1.16. The zero-order valence-electron chi connectivity index (χ0n) is 24.2. The fourth-order valence-electron chi connectivity index (χ4n) is 10.1. The average Bonchev–Trinajstić information content (AvgIpc) is 3.47. The second kappa shape index (κ2) is 11.7. The number of rotatable bonds is 5. The highest BCUT2D eigenvalue weighted by Crippen LogP contribution is 2.61. The van der Waals surface area contributed by atoms with Gasteiger partial charge in [-0.2, -0.15) is 0 Å². The van der Waals surface area contributed by atoms with Crippen LogP contribution in [0.4, 0.5) is 0 Å². The number of nitrogens with zero attached hydrogens (tertiary/aromatic N) is 2. The topological polar surface area (TPSA) is 38.8 Å². The predicted octanol–water partition coefficient (Wildman–Crippen LogP) is 5.83. The molecule has 2 heterocycles. The molecule has 5 aliphatic rings. The summed E-state index contributed by atoms with van der Waals surface area (Å²) in [4.78, 5) is 15.2. The Balaban J connectivity index is 1.42. The van der Waals surface area contributed by atoms with Gasteiger partial charge in [-0.1, -0.05) is 39.7 Å². The predicted molar refractivity (Wildman–Crippen MR) is 149 cm³/mol. The lowest BCUT2D eigenvalue weighted by Gasteiger charge is -2.50. The minimum atomic E-state index is -0.0809. The molecule has 2 saturated heterocycles. The van der Waals surface area contributed by atoms with E-state index in [1.54, 1.807) is 6.92 Å². The molecule has 37 heavy (non-hydrogen) atoms. The molecule has 8 atom stereocenters. The van der Waals surface area contributed by atoms with Gasteiger partial charge in [0, 0.05) is 50.7 Å². The fourth-order valence-corrected chi connectivity index (χ4v) is 10.1. The van der Waals surface area contributed by atoms with E-state index in [1.807, 2.05) is 0 Å². The smallest absolute Gasteiger partial charge is 0.303 e. The highest BCUT2D eigenvalue weighted by Gasteiger charge is 2.64. The summed E-state index contributed by atoms with van der Waals surface area (Å²) in [5, 5.41) is 0. The summed E-state index contributed by atoms with van der Waals surface area (Å²) < 4.78 is 13.2. The van der Waals surface area contributed by atoms with Crippen LogP contribution in [0, 0.1) is 29.1 Å². The maximum Gasteiger partial charge on any atom is 0.303 e. The summed E-state index contributed by atoms with van der Waals surface area (Å²) in [5.74, 6) is 2.93. The Hall–Kier alpha value is -0.910. The van der Waals surface area contributed by atoms with Crippen molar-refractivity contribution in [2.24, 2.45) is 29.1 Å². The number of morpholine rings is 1. The molecule has 3 saturated carbocycles. The van der Waals surface area contributed by atoms with Crippen molar-refractivity contribution in [1.82, 2.24) is 4.90 Å². The van der Waals surface area contributed by atoms with Gasteiger partial charge in [0.25, 0.3) is 0 Å². The average molecular weight is 516 g/mol. The van der Waals surface area contributed by atoms with Crippen LogP contribution in [0.25, 0.3) is 0 Å². The van der Waals surface area contributed by atoms with Crippen molar-refractivity contribution in [1.29, 1.82) is 0 Å². The number of ether oxygens (including phenoxy) is 2. The zero-order valence-corrected chi connectivity index (χ0v) is 24.2. The first-order valence-electron chi connectivity index (χ1n) is 15.8. The molecule has 5 rings (SSSR count). The molecule has 0 N–H and O–H groups in total. The summed E-state index contributed by atoms with van der Waals surface area (Å²) in [5.41, 5.74) is 0.111. The van der Waals surface area contributed by atoms with E-state index in [1.165, 1.54) is 83.7 Å². The van der Waals surface area contributed by atoms with Crippen LogP contribution in [0.3, 0.4) is 0 Å². The highest BCUT2D eigenvalue weighted by atomic mass is 16.5.